The molecule has 0 aliphatic rings. The molecule has 0 saturated carbocycles. The highest BCUT2D eigenvalue weighted by Crippen LogP contribution is 2.48. The molecule has 0 aliphatic heterocycles. The molecule has 2 heteroatoms. The second-order valence-corrected chi connectivity index (χ2v) is 13.5. The van der Waals surface area contributed by atoms with Crippen LogP contribution in [0.15, 0.2) is 133 Å². The van der Waals surface area contributed by atoms with Gasteiger partial charge >= 0.3 is 0 Å². The number of hydrogen-bond donors (Lipinski definition) is 0. The number of anilines is 6. The van der Waals surface area contributed by atoms with E-state index in [0.29, 0.717) is 0 Å². The van der Waals surface area contributed by atoms with Gasteiger partial charge in [0.1, 0.15) is 0 Å². The van der Waals surface area contributed by atoms with Crippen molar-refractivity contribution >= 4 is 66.4 Å². The minimum absolute atomic E-state index is 1.17. The van der Waals surface area contributed by atoms with Crippen LogP contribution in [0.3, 0.4) is 0 Å². The number of rotatable bonds is 6. The van der Waals surface area contributed by atoms with Crippen LogP contribution in [0.2, 0.25) is 0 Å². The molecule has 0 spiro atoms. The molecule has 2 nitrogen and oxygen atoms in total. The number of hydrogen-bond acceptors (Lipinski definition) is 2. The lowest BCUT2D eigenvalue weighted by atomic mass is 9.91. The maximum absolute atomic E-state index is 2.46. The average Bonchev–Trinajstić information content (AvgIpc) is 3.07. The van der Waals surface area contributed by atoms with Gasteiger partial charge in [-0.2, -0.15) is 0 Å². The number of nitrogens with zero attached hydrogens (tertiary/aromatic N) is 2. The van der Waals surface area contributed by atoms with Gasteiger partial charge in [0.15, 0.2) is 0 Å². The summed E-state index contributed by atoms with van der Waals surface area (Å²) in [4.78, 5) is 4.90. The highest BCUT2D eigenvalue weighted by molar-refractivity contribution is 6.28. The summed E-state index contributed by atoms with van der Waals surface area (Å²) in [7, 11) is 0. The third kappa shape index (κ3) is 4.88. The summed E-state index contributed by atoms with van der Waals surface area (Å²) >= 11 is 0. The van der Waals surface area contributed by atoms with E-state index in [1.807, 2.05) is 0 Å². The van der Waals surface area contributed by atoms with Crippen LogP contribution in [0.25, 0.3) is 32.3 Å². The molecule has 0 heterocycles. The minimum atomic E-state index is 1.17. The number of aryl methyl sites for hydroxylation is 6. The van der Waals surface area contributed by atoms with Crippen LogP contribution in [0.5, 0.6) is 0 Å². The van der Waals surface area contributed by atoms with Crippen molar-refractivity contribution in [3.05, 3.63) is 167 Å². The number of benzene rings is 8. The van der Waals surface area contributed by atoms with Gasteiger partial charge in [0.2, 0.25) is 0 Å². The fourth-order valence-electron chi connectivity index (χ4n) is 7.55. The molecule has 0 atom stereocenters. The van der Waals surface area contributed by atoms with E-state index in [2.05, 4.69) is 185 Å². The first-order chi connectivity index (χ1) is 23.3. The van der Waals surface area contributed by atoms with Crippen molar-refractivity contribution < 1.29 is 0 Å². The summed E-state index contributed by atoms with van der Waals surface area (Å²) in [5.41, 5.74) is 14.7. The Morgan fingerprint density at radius 3 is 1.31 bits per heavy atom. The molecule has 8 aromatic carbocycles. The molecule has 0 fully saturated rings. The van der Waals surface area contributed by atoms with E-state index in [4.69, 9.17) is 0 Å². The van der Waals surface area contributed by atoms with E-state index in [1.165, 1.54) is 99.8 Å². The fourth-order valence-corrected chi connectivity index (χ4v) is 7.55. The van der Waals surface area contributed by atoms with Gasteiger partial charge in [0.25, 0.3) is 0 Å². The van der Waals surface area contributed by atoms with Crippen molar-refractivity contribution in [2.24, 2.45) is 0 Å². The Balaban J connectivity index is 1.43. The Morgan fingerprint density at radius 1 is 0.333 bits per heavy atom. The summed E-state index contributed by atoms with van der Waals surface area (Å²) in [5.74, 6) is 0. The first-order valence-corrected chi connectivity index (χ1v) is 16.9. The summed E-state index contributed by atoms with van der Waals surface area (Å²) in [6.07, 6.45) is 0. The van der Waals surface area contributed by atoms with Crippen molar-refractivity contribution in [1.29, 1.82) is 0 Å². The molecule has 0 amide bonds. The van der Waals surface area contributed by atoms with Gasteiger partial charge < -0.3 is 9.80 Å². The van der Waals surface area contributed by atoms with Crippen LogP contribution in [0, 0.1) is 41.5 Å². The van der Waals surface area contributed by atoms with Crippen LogP contribution in [-0.4, -0.2) is 0 Å². The third-order valence-electron chi connectivity index (χ3n) is 10.0. The summed E-state index contributed by atoms with van der Waals surface area (Å²) in [6, 6.07) is 49.6. The van der Waals surface area contributed by atoms with E-state index >= 15 is 0 Å². The van der Waals surface area contributed by atoms with Crippen LogP contribution in [0.1, 0.15) is 33.4 Å². The van der Waals surface area contributed by atoms with Gasteiger partial charge in [-0.3, -0.25) is 0 Å². The Hall–Kier alpha value is -5.60. The van der Waals surface area contributed by atoms with Crippen molar-refractivity contribution in [3.8, 4) is 0 Å². The molecule has 0 aromatic heterocycles. The first-order valence-electron chi connectivity index (χ1n) is 16.9. The topological polar surface area (TPSA) is 6.48 Å². The van der Waals surface area contributed by atoms with Crippen LogP contribution in [0.4, 0.5) is 34.1 Å². The lowest BCUT2D eigenvalue weighted by Crippen LogP contribution is -2.13. The zero-order valence-corrected chi connectivity index (χ0v) is 28.6. The quantitative estimate of drug-likeness (QED) is 0.171. The Morgan fingerprint density at radius 2 is 0.812 bits per heavy atom. The smallest absolute Gasteiger partial charge is 0.0540 e. The summed E-state index contributed by atoms with van der Waals surface area (Å²) in [5, 5.41) is 7.61. The molecule has 0 radical (unpaired) electrons. The van der Waals surface area contributed by atoms with E-state index in [-0.39, 0.29) is 0 Å². The van der Waals surface area contributed by atoms with E-state index in [0.717, 1.165) is 0 Å². The molecule has 48 heavy (non-hydrogen) atoms. The molecule has 234 valence electrons. The summed E-state index contributed by atoms with van der Waals surface area (Å²) in [6.45, 7) is 13.2. The van der Waals surface area contributed by atoms with Gasteiger partial charge in [0.05, 0.1) is 11.4 Å². The van der Waals surface area contributed by atoms with Crippen LogP contribution >= 0.6 is 0 Å². The molecule has 0 aliphatic carbocycles. The van der Waals surface area contributed by atoms with E-state index < -0.39 is 0 Å². The third-order valence-corrected chi connectivity index (χ3v) is 10.0. The highest BCUT2D eigenvalue weighted by Gasteiger charge is 2.23. The zero-order chi connectivity index (χ0) is 33.1. The normalized spacial score (nSPS) is 11.5. The maximum Gasteiger partial charge on any atom is 0.0540 e. The van der Waals surface area contributed by atoms with Crippen LogP contribution in [-0.2, 0) is 0 Å². The van der Waals surface area contributed by atoms with E-state index in [1.54, 1.807) is 0 Å². The van der Waals surface area contributed by atoms with Crippen molar-refractivity contribution in [2.45, 2.75) is 41.5 Å². The minimum Gasteiger partial charge on any atom is -0.310 e. The fraction of sp³-hybridized carbons (Fsp3) is 0.130. The Kier molecular flexibility index (Phi) is 7.18. The monoisotopic (exact) mass is 620 g/mol. The lowest BCUT2D eigenvalue weighted by Gasteiger charge is -2.31. The number of para-hydroxylation sites is 2. The molecule has 8 aromatic rings. The van der Waals surface area contributed by atoms with Gasteiger partial charge in [-0.05, 0) is 145 Å². The van der Waals surface area contributed by atoms with E-state index in [9.17, 15) is 0 Å². The second kappa shape index (κ2) is 11.6. The SMILES string of the molecule is Cc1cc(C)cc(N(c2ccccc2C)c2ccc3ccc4c(N(c5ccc(C)c(C)c5)c5ccccc5C)ccc5ccc2c3c54)c1. The van der Waals surface area contributed by atoms with Gasteiger partial charge in [-0.1, -0.05) is 84.9 Å². The average molecular weight is 621 g/mol. The molecule has 0 N–H and O–H groups in total. The molecule has 8 rings (SSSR count). The Labute approximate surface area is 283 Å². The largest absolute Gasteiger partial charge is 0.310 e. The maximum atomic E-state index is 2.46. The van der Waals surface area contributed by atoms with Crippen molar-refractivity contribution in [3.63, 3.8) is 0 Å². The van der Waals surface area contributed by atoms with Crippen molar-refractivity contribution in [2.75, 3.05) is 9.80 Å². The van der Waals surface area contributed by atoms with Gasteiger partial charge in [0, 0.05) is 33.5 Å². The predicted molar refractivity (Wildman–Crippen MR) is 208 cm³/mol. The molecule has 0 saturated heterocycles. The first kappa shape index (κ1) is 29.8. The summed E-state index contributed by atoms with van der Waals surface area (Å²) < 4.78 is 0. The highest BCUT2D eigenvalue weighted by atomic mass is 15.2. The zero-order valence-electron chi connectivity index (χ0n) is 28.6. The molecule has 0 unspecified atom stereocenters. The second-order valence-electron chi connectivity index (χ2n) is 13.5. The molecule has 0 bridgehead atoms. The standard InChI is InChI=1S/C46H40N2/c1-29-25-30(2)27-38(26-29)48(42-14-10-8-12-33(42)5)44-24-19-36-16-21-39-43(23-18-35-17-22-40(44)46(36)45(35)39)47(41-13-9-7-11-32(41)4)37-20-15-31(3)34(6)28-37/h7-28H,1-6H3. The predicted octanol–water partition coefficient (Wildman–Crippen LogP) is 13.4. The van der Waals surface area contributed by atoms with Gasteiger partial charge in [-0.25, -0.2) is 0 Å². The van der Waals surface area contributed by atoms with Crippen molar-refractivity contribution in [1.82, 2.24) is 0 Å². The molecular formula is C46H40N2. The van der Waals surface area contributed by atoms with Gasteiger partial charge in [-0.15, -0.1) is 0 Å². The van der Waals surface area contributed by atoms with Crippen LogP contribution < -0.4 is 9.80 Å². The Bertz CT molecular complexity index is 2470. The lowest BCUT2D eigenvalue weighted by molar-refractivity contribution is 1.24. The molecular weight excluding hydrogens is 581 g/mol.